The van der Waals surface area contributed by atoms with Crippen LogP contribution in [0.25, 0.3) is 28.4 Å². The Hall–Kier alpha value is -4.28. The lowest BCUT2D eigenvalue weighted by Crippen LogP contribution is -2.26. The summed E-state index contributed by atoms with van der Waals surface area (Å²) in [6.45, 7) is 3.21. The van der Waals surface area contributed by atoms with Gasteiger partial charge in [-0.2, -0.15) is 0 Å². The van der Waals surface area contributed by atoms with E-state index in [0.717, 1.165) is 47.6 Å². The van der Waals surface area contributed by atoms with Crippen LogP contribution in [0.15, 0.2) is 77.5 Å². The van der Waals surface area contributed by atoms with Crippen molar-refractivity contribution in [3.05, 3.63) is 106 Å². The second kappa shape index (κ2) is 12.8. The number of rotatable bonds is 13. The summed E-state index contributed by atoms with van der Waals surface area (Å²) in [5.74, 6) is -2.08. The highest BCUT2D eigenvalue weighted by molar-refractivity contribution is 9.10. The number of nitrogens with zero attached hydrogens (tertiary/aromatic N) is 1. The number of aromatic nitrogens is 3. The van der Waals surface area contributed by atoms with Crippen LogP contribution in [0.5, 0.6) is 11.5 Å². The number of halogens is 3. The van der Waals surface area contributed by atoms with Crippen molar-refractivity contribution < 1.29 is 23.4 Å². The van der Waals surface area contributed by atoms with E-state index in [1.165, 1.54) is 43.2 Å². The van der Waals surface area contributed by atoms with Crippen LogP contribution in [0.4, 0.5) is 8.78 Å². The molecule has 1 saturated carbocycles. The summed E-state index contributed by atoms with van der Waals surface area (Å²) in [6.07, 6.45) is 11.1. The number of fused-ring (bicyclic) bond motifs is 1. The predicted octanol–water partition coefficient (Wildman–Crippen LogP) is 8.96. The van der Waals surface area contributed by atoms with Crippen LogP contribution in [0.3, 0.4) is 0 Å². The van der Waals surface area contributed by atoms with E-state index < -0.39 is 23.0 Å². The maximum Gasteiger partial charge on any atom is 0.328 e. The molecule has 4 N–H and O–H groups in total. The molecule has 2 heterocycles. The number of benzene rings is 3. The molecule has 0 radical (unpaired) electrons. The molecule has 1 fully saturated rings. The molecular formula is C36H35BrF2N4O3. The highest BCUT2D eigenvalue weighted by atomic mass is 79.9. The first kappa shape index (κ1) is 31.7. The number of H-pyrrole nitrogens is 2. The SMILES string of the molecule is CNCC1(CCCC(C)(c2cccc(Br)c2)c2cnc(-c3cc(Oc4c(F)cc5[nH]ccc5c4/C=C/C(=O)O)ccc3F)[nH]2)CC1. The average Bonchev–Trinajstić information content (AvgIpc) is 3.37. The fourth-order valence-electron chi connectivity index (χ4n) is 6.36. The summed E-state index contributed by atoms with van der Waals surface area (Å²) in [4.78, 5) is 22.2. The molecule has 0 saturated heterocycles. The van der Waals surface area contributed by atoms with E-state index in [2.05, 4.69) is 55.3 Å². The number of aliphatic carboxylic acids is 1. The minimum atomic E-state index is -1.18. The Bertz CT molecular complexity index is 1930. The second-order valence-electron chi connectivity index (χ2n) is 12.3. The first-order valence-corrected chi connectivity index (χ1v) is 16.0. The molecule has 3 aromatic carbocycles. The molecule has 1 unspecified atom stereocenters. The highest BCUT2D eigenvalue weighted by Crippen LogP contribution is 2.50. The molecule has 6 rings (SSSR count). The Kier molecular flexibility index (Phi) is 8.85. The van der Waals surface area contributed by atoms with E-state index in [4.69, 9.17) is 4.74 Å². The van der Waals surface area contributed by atoms with Crippen molar-refractivity contribution in [2.75, 3.05) is 13.6 Å². The fraction of sp³-hybridized carbons (Fsp3) is 0.278. The van der Waals surface area contributed by atoms with Crippen LogP contribution in [-0.4, -0.2) is 39.6 Å². The summed E-state index contributed by atoms with van der Waals surface area (Å²) < 4.78 is 37.6. The molecule has 0 spiro atoms. The normalized spacial score (nSPS) is 15.3. The maximum absolute atomic E-state index is 15.3. The molecule has 1 aliphatic carbocycles. The van der Waals surface area contributed by atoms with Gasteiger partial charge in [-0.25, -0.2) is 18.6 Å². The summed E-state index contributed by atoms with van der Waals surface area (Å²) in [5, 5.41) is 13.1. The number of ether oxygens (including phenoxy) is 1. The van der Waals surface area contributed by atoms with Gasteiger partial charge in [-0.05, 0) is 93.1 Å². The van der Waals surface area contributed by atoms with E-state index in [1.807, 2.05) is 19.2 Å². The van der Waals surface area contributed by atoms with Crippen molar-refractivity contribution in [2.24, 2.45) is 5.41 Å². The van der Waals surface area contributed by atoms with E-state index in [0.29, 0.717) is 22.1 Å². The van der Waals surface area contributed by atoms with Crippen LogP contribution in [-0.2, 0) is 10.2 Å². The van der Waals surface area contributed by atoms with Gasteiger partial charge in [-0.3, -0.25) is 0 Å². The minimum absolute atomic E-state index is 0.164. The van der Waals surface area contributed by atoms with Crippen molar-refractivity contribution in [1.82, 2.24) is 20.3 Å². The lowest BCUT2D eigenvalue weighted by Gasteiger charge is -2.30. The summed E-state index contributed by atoms with van der Waals surface area (Å²) in [5.41, 5.74) is 2.83. The van der Waals surface area contributed by atoms with Gasteiger partial charge in [-0.15, -0.1) is 0 Å². The summed E-state index contributed by atoms with van der Waals surface area (Å²) >= 11 is 3.62. The van der Waals surface area contributed by atoms with Gasteiger partial charge in [0.05, 0.1) is 5.56 Å². The van der Waals surface area contributed by atoms with Gasteiger partial charge < -0.3 is 25.1 Å². The molecule has 7 nitrogen and oxygen atoms in total. The van der Waals surface area contributed by atoms with Gasteiger partial charge >= 0.3 is 5.97 Å². The minimum Gasteiger partial charge on any atom is -0.478 e. The van der Waals surface area contributed by atoms with E-state index in [9.17, 15) is 9.90 Å². The number of hydrogen-bond acceptors (Lipinski definition) is 4. The van der Waals surface area contributed by atoms with Gasteiger partial charge in [-0.1, -0.05) is 34.5 Å². The molecule has 5 aromatic rings. The Morgan fingerprint density at radius 3 is 2.74 bits per heavy atom. The largest absolute Gasteiger partial charge is 0.478 e. The van der Waals surface area contributed by atoms with Crippen LogP contribution in [0.2, 0.25) is 0 Å². The fourth-order valence-corrected chi connectivity index (χ4v) is 6.76. The Morgan fingerprint density at radius 1 is 1.17 bits per heavy atom. The van der Waals surface area contributed by atoms with Crippen molar-refractivity contribution >= 4 is 38.9 Å². The van der Waals surface area contributed by atoms with Gasteiger partial charge in [0.2, 0.25) is 0 Å². The Balaban J connectivity index is 1.32. The number of aromatic amines is 2. The third-order valence-electron chi connectivity index (χ3n) is 9.13. The molecular weight excluding hydrogens is 654 g/mol. The van der Waals surface area contributed by atoms with Crippen molar-refractivity contribution in [1.29, 1.82) is 0 Å². The summed E-state index contributed by atoms with van der Waals surface area (Å²) in [7, 11) is 2.00. The number of carbonyl (C=O) groups is 1. The molecule has 10 heteroatoms. The number of hydrogen-bond donors (Lipinski definition) is 4. The van der Waals surface area contributed by atoms with Gasteiger partial charge in [0.25, 0.3) is 0 Å². The average molecular weight is 690 g/mol. The zero-order valence-corrected chi connectivity index (χ0v) is 27.2. The van der Waals surface area contributed by atoms with Gasteiger partial charge in [0.1, 0.15) is 17.4 Å². The first-order valence-electron chi connectivity index (χ1n) is 15.3. The predicted molar refractivity (Wildman–Crippen MR) is 179 cm³/mol. The van der Waals surface area contributed by atoms with Crippen LogP contribution >= 0.6 is 15.9 Å². The van der Waals surface area contributed by atoms with Crippen LogP contribution in [0, 0.1) is 17.0 Å². The molecule has 46 heavy (non-hydrogen) atoms. The molecule has 0 bridgehead atoms. The van der Waals surface area contributed by atoms with E-state index >= 15 is 8.78 Å². The lowest BCUT2D eigenvalue weighted by molar-refractivity contribution is -0.131. The maximum atomic E-state index is 15.3. The number of carboxylic acid groups (broad SMARTS) is 1. The Morgan fingerprint density at radius 2 is 2.00 bits per heavy atom. The lowest BCUT2D eigenvalue weighted by atomic mass is 9.75. The smallest absolute Gasteiger partial charge is 0.328 e. The quantitative estimate of drug-likeness (QED) is 0.0925. The Labute approximate surface area is 274 Å². The molecule has 238 valence electrons. The molecule has 1 atom stereocenters. The topological polar surface area (TPSA) is 103 Å². The second-order valence-corrected chi connectivity index (χ2v) is 13.2. The van der Waals surface area contributed by atoms with Crippen molar-refractivity contribution in [2.45, 2.75) is 44.4 Å². The van der Waals surface area contributed by atoms with Gasteiger partial charge in [0, 0.05) is 63.1 Å². The standard InChI is InChI=1S/C36H35BrF2N4O3/c1-35(22-5-3-6-23(37)17-22,12-4-13-36(14-15-36)21-40-2)31-20-42-34(43-31)27-18-24(7-9-28(27)38)46-33-26(8-10-32(44)45)25-11-16-41-30(25)19-29(33)39/h3,5-11,16-20,40-41H,4,12-15,21H2,1-2H3,(H,42,43)(H,44,45)/b10-8+. The van der Waals surface area contributed by atoms with E-state index in [-0.39, 0.29) is 22.6 Å². The first-order chi connectivity index (χ1) is 22.1. The third kappa shape index (κ3) is 6.50. The molecule has 0 aliphatic heterocycles. The van der Waals surface area contributed by atoms with E-state index in [1.54, 1.807) is 18.5 Å². The zero-order valence-electron chi connectivity index (χ0n) is 25.6. The highest BCUT2D eigenvalue weighted by Gasteiger charge is 2.42. The number of carboxylic acids is 1. The van der Waals surface area contributed by atoms with Crippen molar-refractivity contribution in [3.8, 4) is 22.9 Å². The molecule has 2 aromatic heterocycles. The third-order valence-corrected chi connectivity index (χ3v) is 9.63. The summed E-state index contributed by atoms with van der Waals surface area (Å²) in [6, 6.07) is 15.3. The zero-order chi connectivity index (χ0) is 32.5. The molecule has 1 aliphatic rings. The van der Waals surface area contributed by atoms with Crippen LogP contribution in [0.1, 0.15) is 55.8 Å². The van der Waals surface area contributed by atoms with Crippen LogP contribution < -0.4 is 10.1 Å². The monoisotopic (exact) mass is 688 g/mol. The van der Waals surface area contributed by atoms with Crippen molar-refractivity contribution in [3.63, 3.8) is 0 Å². The van der Waals surface area contributed by atoms with Gasteiger partial charge in [0.15, 0.2) is 11.6 Å². The molecule has 0 amide bonds. The number of nitrogens with one attached hydrogen (secondary N) is 3. The number of imidazole rings is 1.